The Labute approximate surface area is 175 Å². The Balaban J connectivity index is 1.92. The minimum absolute atomic E-state index is 0.236. The number of ether oxygens (including phenoxy) is 1. The summed E-state index contributed by atoms with van der Waals surface area (Å²) in [4.78, 5) is 12.0. The fourth-order valence-electron chi connectivity index (χ4n) is 4.46. The van der Waals surface area contributed by atoms with Crippen molar-refractivity contribution in [2.24, 2.45) is 5.41 Å². The van der Waals surface area contributed by atoms with Crippen LogP contribution >= 0.6 is 0 Å². The second-order valence-corrected chi connectivity index (χ2v) is 9.82. The van der Waals surface area contributed by atoms with Gasteiger partial charge in [-0.2, -0.15) is 0 Å². The fraction of sp³-hybridized carbons (Fsp3) is 0.885. The van der Waals surface area contributed by atoms with Crippen LogP contribution in [0.2, 0.25) is 0 Å². The lowest BCUT2D eigenvalue weighted by Gasteiger charge is -2.34. The summed E-state index contributed by atoms with van der Waals surface area (Å²) >= 11 is 0. The van der Waals surface area contributed by atoms with E-state index in [1.165, 1.54) is 82.6 Å². The molecule has 1 rings (SSSR count). The number of hydrogen-bond acceptors (Lipinski definition) is 2. The summed E-state index contributed by atoms with van der Waals surface area (Å²) in [6.07, 6.45) is 19.5. The first-order valence-corrected chi connectivity index (χ1v) is 12.2. The third-order valence-corrected chi connectivity index (χ3v) is 6.44. The molecule has 2 nitrogen and oxygen atoms in total. The van der Waals surface area contributed by atoms with Gasteiger partial charge in [0.25, 0.3) is 0 Å². The second kappa shape index (κ2) is 14.4. The van der Waals surface area contributed by atoms with Gasteiger partial charge in [-0.25, -0.2) is 0 Å². The van der Waals surface area contributed by atoms with Crippen molar-refractivity contribution in [1.29, 1.82) is 0 Å². The number of ketones is 1. The Morgan fingerprint density at radius 3 is 1.79 bits per heavy atom. The minimum atomic E-state index is 0.236. The van der Waals surface area contributed by atoms with Crippen molar-refractivity contribution in [1.82, 2.24) is 0 Å². The van der Waals surface area contributed by atoms with E-state index in [2.05, 4.69) is 34.6 Å². The molecule has 0 saturated carbocycles. The molecule has 1 aliphatic rings. The number of allylic oxidation sites excluding steroid dienone is 2. The Hall–Kier alpha value is -0.630. The van der Waals surface area contributed by atoms with Crippen LogP contribution in [0.3, 0.4) is 0 Å². The summed E-state index contributed by atoms with van der Waals surface area (Å²) in [6.45, 7) is 11.8. The lowest BCUT2D eigenvalue weighted by atomic mass is 9.70. The van der Waals surface area contributed by atoms with Crippen molar-refractivity contribution in [2.45, 2.75) is 137 Å². The van der Waals surface area contributed by atoms with E-state index in [1.54, 1.807) is 0 Å². The van der Waals surface area contributed by atoms with E-state index in [4.69, 9.17) is 4.74 Å². The molecule has 0 spiro atoms. The molecule has 0 atom stereocenters. The standard InChI is InChI=1S/C26H48O2/c1-22(2)28-21-17-15-13-11-9-7-6-8-10-12-14-16-18-24-23(3)25(27)19-20-26(24,4)5/h22H,6-21H2,1-5H3. The maximum Gasteiger partial charge on any atom is 0.158 e. The molecule has 0 radical (unpaired) electrons. The largest absolute Gasteiger partial charge is 0.379 e. The molecule has 0 bridgehead atoms. The fourth-order valence-corrected chi connectivity index (χ4v) is 4.46. The predicted molar refractivity (Wildman–Crippen MR) is 122 cm³/mol. The van der Waals surface area contributed by atoms with Crippen molar-refractivity contribution >= 4 is 5.78 Å². The van der Waals surface area contributed by atoms with Crippen LogP contribution in [0.5, 0.6) is 0 Å². The van der Waals surface area contributed by atoms with Gasteiger partial charge in [-0.05, 0) is 57.4 Å². The van der Waals surface area contributed by atoms with Gasteiger partial charge in [0.05, 0.1) is 6.10 Å². The normalized spacial score (nSPS) is 17.0. The van der Waals surface area contributed by atoms with Gasteiger partial charge < -0.3 is 4.74 Å². The molecule has 0 heterocycles. The first kappa shape index (κ1) is 25.4. The van der Waals surface area contributed by atoms with Crippen LogP contribution in [0.4, 0.5) is 0 Å². The van der Waals surface area contributed by atoms with Gasteiger partial charge in [-0.3, -0.25) is 4.79 Å². The van der Waals surface area contributed by atoms with E-state index < -0.39 is 0 Å². The van der Waals surface area contributed by atoms with Crippen LogP contribution in [-0.4, -0.2) is 18.5 Å². The van der Waals surface area contributed by atoms with Gasteiger partial charge in [-0.15, -0.1) is 0 Å². The number of rotatable bonds is 16. The van der Waals surface area contributed by atoms with Crippen molar-refractivity contribution in [2.75, 3.05) is 6.61 Å². The van der Waals surface area contributed by atoms with E-state index in [9.17, 15) is 4.79 Å². The molecule has 0 saturated heterocycles. The average Bonchev–Trinajstić information content (AvgIpc) is 2.64. The molecular formula is C26H48O2. The molecule has 0 fully saturated rings. The van der Waals surface area contributed by atoms with E-state index in [0.717, 1.165) is 31.4 Å². The van der Waals surface area contributed by atoms with Gasteiger partial charge in [0, 0.05) is 13.0 Å². The van der Waals surface area contributed by atoms with Gasteiger partial charge in [0.1, 0.15) is 0 Å². The summed E-state index contributed by atoms with van der Waals surface area (Å²) in [5, 5.41) is 0. The van der Waals surface area contributed by atoms with Gasteiger partial charge in [0.2, 0.25) is 0 Å². The number of hydrogen-bond donors (Lipinski definition) is 0. The smallest absolute Gasteiger partial charge is 0.158 e. The monoisotopic (exact) mass is 392 g/mol. The highest BCUT2D eigenvalue weighted by atomic mass is 16.5. The van der Waals surface area contributed by atoms with Crippen LogP contribution in [0.15, 0.2) is 11.1 Å². The molecule has 0 unspecified atom stereocenters. The molecule has 2 heteroatoms. The molecule has 28 heavy (non-hydrogen) atoms. The second-order valence-electron chi connectivity index (χ2n) is 9.82. The SMILES string of the molecule is CC1=C(CCCCCCCCCCCCCCOC(C)C)C(C)(C)CCC1=O. The van der Waals surface area contributed by atoms with Crippen molar-refractivity contribution < 1.29 is 9.53 Å². The van der Waals surface area contributed by atoms with E-state index >= 15 is 0 Å². The molecule has 0 aromatic heterocycles. The average molecular weight is 393 g/mol. The lowest BCUT2D eigenvalue weighted by molar-refractivity contribution is -0.116. The third-order valence-electron chi connectivity index (χ3n) is 6.44. The zero-order valence-electron chi connectivity index (χ0n) is 19.7. The van der Waals surface area contributed by atoms with Crippen LogP contribution < -0.4 is 0 Å². The molecule has 1 aliphatic carbocycles. The van der Waals surface area contributed by atoms with Crippen LogP contribution in [0.25, 0.3) is 0 Å². The Morgan fingerprint density at radius 1 is 0.821 bits per heavy atom. The number of Topliss-reactive ketones (excluding diaryl/α,β-unsaturated/α-hetero) is 1. The molecule has 0 aromatic carbocycles. The summed E-state index contributed by atoms with van der Waals surface area (Å²) < 4.78 is 5.58. The van der Waals surface area contributed by atoms with Gasteiger partial charge in [-0.1, -0.05) is 83.6 Å². The summed E-state index contributed by atoms with van der Waals surface area (Å²) in [5.41, 5.74) is 2.75. The van der Waals surface area contributed by atoms with Crippen LogP contribution in [0, 0.1) is 5.41 Å². The van der Waals surface area contributed by atoms with Gasteiger partial charge in [0.15, 0.2) is 5.78 Å². The van der Waals surface area contributed by atoms with Crippen molar-refractivity contribution in [3.63, 3.8) is 0 Å². The Morgan fingerprint density at radius 2 is 1.29 bits per heavy atom. The predicted octanol–water partition coefficient (Wildman–Crippen LogP) is 8.19. The highest BCUT2D eigenvalue weighted by Crippen LogP contribution is 2.41. The summed E-state index contributed by atoms with van der Waals surface area (Å²) in [5.74, 6) is 0.387. The first-order chi connectivity index (χ1) is 13.3. The Bertz CT molecular complexity index is 459. The maximum atomic E-state index is 12.0. The minimum Gasteiger partial charge on any atom is -0.379 e. The zero-order chi connectivity index (χ0) is 20.8. The number of carbonyl (C=O) groups is 1. The number of unbranched alkanes of at least 4 members (excludes halogenated alkanes) is 11. The zero-order valence-corrected chi connectivity index (χ0v) is 19.7. The van der Waals surface area contributed by atoms with E-state index in [0.29, 0.717) is 11.9 Å². The van der Waals surface area contributed by atoms with E-state index in [1.807, 2.05) is 0 Å². The van der Waals surface area contributed by atoms with Crippen LogP contribution in [0.1, 0.15) is 131 Å². The topological polar surface area (TPSA) is 26.3 Å². The molecular weight excluding hydrogens is 344 g/mol. The highest BCUT2D eigenvalue weighted by molar-refractivity contribution is 5.96. The maximum absolute atomic E-state index is 12.0. The lowest BCUT2D eigenvalue weighted by Crippen LogP contribution is -2.25. The number of carbonyl (C=O) groups excluding carboxylic acids is 1. The molecule has 0 N–H and O–H groups in total. The Kier molecular flexibility index (Phi) is 13.0. The van der Waals surface area contributed by atoms with Crippen molar-refractivity contribution in [3.8, 4) is 0 Å². The molecule has 0 aromatic rings. The summed E-state index contributed by atoms with van der Waals surface area (Å²) in [7, 11) is 0. The first-order valence-electron chi connectivity index (χ1n) is 12.2. The summed E-state index contributed by atoms with van der Waals surface area (Å²) in [6, 6.07) is 0. The van der Waals surface area contributed by atoms with Crippen LogP contribution in [-0.2, 0) is 9.53 Å². The van der Waals surface area contributed by atoms with E-state index in [-0.39, 0.29) is 5.41 Å². The highest BCUT2D eigenvalue weighted by Gasteiger charge is 2.31. The quantitative estimate of drug-likeness (QED) is 0.247. The van der Waals surface area contributed by atoms with Crippen molar-refractivity contribution in [3.05, 3.63) is 11.1 Å². The molecule has 0 amide bonds. The third kappa shape index (κ3) is 10.8. The molecule has 164 valence electrons. The molecule has 0 aliphatic heterocycles. The van der Waals surface area contributed by atoms with Gasteiger partial charge >= 0.3 is 0 Å².